The molecule has 0 radical (unpaired) electrons. The summed E-state index contributed by atoms with van der Waals surface area (Å²) < 4.78 is 0. The predicted molar refractivity (Wildman–Crippen MR) is 65.8 cm³/mol. The van der Waals surface area contributed by atoms with Gasteiger partial charge in [-0.15, -0.1) is 0 Å². The maximum Gasteiger partial charge on any atom is 0.135 e. The molecule has 0 saturated carbocycles. The Morgan fingerprint density at radius 3 is 3.00 bits per heavy atom. The van der Waals surface area contributed by atoms with Crippen LogP contribution in [0, 0.1) is 6.92 Å². The van der Waals surface area contributed by atoms with Gasteiger partial charge in [0.2, 0.25) is 0 Å². The molecule has 4 nitrogen and oxygen atoms in total. The second kappa shape index (κ2) is 5.25. The van der Waals surface area contributed by atoms with Gasteiger partial charge < -0.3 is 10.2 Å². The van der Waals surface area contributed by atoms with E-state index < -0.39 is 0 Å². The van der Waals surface area contributed by atoms with E-state index in [4.69, 9.17) is 0 Å². The van der Waals surface area contributed by atoms with Gasteiger partial charge in [0.05, 0.1) is 0 Å². The van der Waals surface area contributed by atoms with Crippen LogP contribution in [-0.2, 0) is 6.42 Å². The van der Waals surface area contributed by atoms with Crippen LogP contribution in [0.3, 0.4) is 0 Å². The highest BCUT2D eigenvalue weighted by Gasteiger charge is 2.14. The molecule has 1 aliphatic rings. The zero-order valence-corrected chi connectivity index (χ0v) is 10.2. The molecule has 1 aromatic rings. The average Bonchev–Trinajstić information content (AvgIpc) is 2.58. The van der Waals surface area contributed by atoms with Crippen LogP contribution in [0.15, 0.2) is 6.33 Å². The van der Waals surface area contributed by atoms with Crippen molar-refractivity contribution in [2.75, 3.05) is 31.1 Å². The lowest BCUT2D eigenvalue weighted by atomic mass is 10.2. The largest absolute Gasteiger partial charge is 0.355 e. The molecule has 4 heteroatoms. The summed E-state index contributed by atoms with van der Waals surface area (Å²) in [5, 5.41) is 3.41. The fourth-order valence-corrected chi connectivity index (χ4v) is 2.21. The molecule has 0 unspecified atom stereocenters. The summed E-state index contributed by atoms with van der Waals surface area (Å²) in [7, 11) is 0. The normalized spacial score (nSPS) is 17.2. The maximum atomic E-state index is 4.44. The number of aryl methyl sites for hydroxylation is 1. The van der Waals surface area contributed by atoms with Crippen molar-refractivity contribution in [2.45, 2.75) is 26.7 Å². The van der Waals surface area contributed by atoms with Gasteiger partial charge in [0, 0.05) is 30.9 Å². The quantitative estimate of drug-likeness (QED) is 0.811. The van der Waals surface area contributed by atoms with E-state index in [0.29, 0.717) is 0 Å². The van der Waals surface area contributed by atoms with Crippen molar-refractivity contribution in [3.63, 3.8) is 0 Å². The second-order valence-corrected chi connectivity index (χ2v) is 4.21. The minimum Gasteiger partial charge on any atom is -0.355 e. The number of aromatic nitrogens is 2. The molecule has 1 saturated heterocycles. The summed E-state index contributed by atoms with van der Waals surface area (Å²) in [5.74, 6) is 1.12. The van der Waals surface area contributed by atoms with Crippen molar-refractivity contribution in [2.24, 2.45) is 0 Å². The van der Waals surface area contributed by atoms with Crippen molar-refractivity contribution >= 4 is 5.82 Å². The van der Waals surface area contributed by atoms with E-state index in [0.717, 1.165) is 38.4 Å². The summed E-state index contributed by atoms with van der Waals surface area (Å²) in [6.07, 6.45) is 3.86. The van der Waals surface area contributed by atoms with Gasteiger partial charge >= 0.3 is 0 Å². The van der Waals surface area contributed by atoms with Crippen molar-refractivity contribution < 1.29 is 0 Å². The summed E-state index contributed by atoms with van der Waals surface area (Å²) in [6.45, 7) is 8.57. The molecule has 0 aromatic carbocycles. The summed E-state index contributed by atoms with van der Waals surface area (Å²) in [4.78, 5) is 11.1. The fourth-order valence-electron chi connectivity index (χ4n) is 2.21. The SMILES string of the molecule is CCc1ncnc(N2CCCNCC2)c1C. The molecule has 88 valence electrons. The molecule has 0 bridgehead atoms. The molecule has 0 atom stereocenters. The van der Waals surface area contributed by atoms with Gasteiger partial charge in [0.25, 0.3) is 0 Å². The lowest BCUT2D eigenvalue weighted by Gasteiger charge is -2.23. The van der Waals surface area contributed by atoms with Gasteiger partial charge in [-0.3, -0.25) is 0 Å². The molecule has 1 aliphatic heterocycles. The Bertz CT molecular complexity index is 343. The van der Waals surface area contributed by atoms with Crippen LogP contribution in [0.2, 0.25) is 0 Å². The highest BCUT2D eigenvalue weighted by molar-refractivity contribution is 5.47. The van der Waals surface area contributed by atoms with Gasteiger partial charge in [0.1, 0.15) is 12.1 Å². The second-order valence-electron chi connectivity index (χ2n) is 4.21. The summed E-state index contributed by atoms with van der Waals surface area (Å²) in [5.41, 5.74) is 2.41. The zero-order chi connectivity index (χ0) is 11.4. The molecule has 1 aromatic heterocycles. The minimum absolute atomic E-state index is 0.980. The smallest absolute Gasteiger partial charge is 0.135 e. The van der Waals surface area contributed by atoms with Gasteiger partial charge in [-0.05, 0) is 26.3 Å². The molecule has 0 amide bonds. The summed E-state index contributed by atoms with van der Waals surface area (Å²) in [6, 6.07) is 0. The van der Waals surface area contributed by atoms with Gasteiger partial charge in [-0.2, -0.15) is 0 Å². The average molecular weight is 220 g/mol. The van der Waals surface area contributed by atoms with Gasteiger partial charge in [-0.25, -0.2) is 9.97 Å². The van der Waals surface area contributed by atoms with Crippen LogP contribution < -0.4 is 10.2 Å². The Labute approximate surface area is 97.1 Å². The Morgan fingerprint density at radius 1 is 1.31 bits per heavy atom. The Kier molecular flexibility index (Phi) is 3.72. The van der Waals surface area contributed by atoms with E-state index in [9.17, 15) is 0 Å². The van der Waals surface area contributed by atoms with E-state index in [2.05, 4.69) is 34.0 Å². The van der Waals surface area contributed by atoms with Crippen molar-refractivity contribution in [1.82, 2.24) is 15.3 Å². The zero-order valence-electron chi connectivity index (χ0n) is 10.2. The fraction of sp³-hybridized carbons (Fsp3) is 0.667. The first-order chi connectivity index (χ1) is 7.83. The van der Waals surface area contributed by atoms with Crippen LogP contribution in [-0.4, -0.2) is 36.1 Å². The van der Waals surface area contributed by atoms with E-state index in [1.807, 2.05) is 0 Å². The Balaban J connectivity index is 2.24. The van der Waals surface area contributed by atoms with Crippen molar-refractivity contribution in [3.05, 3.63) is 17.6 Å². The lowest BCUT2D eigenvalue weighted by molar-refractivity contribution is 0.724. The Hall–Kier alpha value is -1.16. The van der Waals surface area contributed by atoms with E-state index in [1.54, 1.807) is 6.33 Å². The number of nitrogens with one attached hydrogen (secondary N) is 1. The van der Waals surface area contributed by atoms with Gasteiger partial charge in [-0.1, -0.05) is 6.92 Å². The molecule has 16 heavy (non-hydrogen) atoms. The van der Waals surface area contributed by atoms with Crippen molar-refractivity contribution in [3.8, 4) is 0 Å². The standard InChI is InChI=1S/C12H20N4/c1-3-11-10(2)12(15-9-14-11)16-7-4-5-13-6-8-16/h9,13H,3-8H2,1-2H3. The molecule has 0 aliphatic carbocycles. The third kappa shape index (κ3) is 2.32. The molecule has 1 N–H and O–H groups in total. The topological polar surface area (TPSA) is 41.1 Å². The summed E-state index contributed by atoms with van der Waals surface area (Å²) >= 11 is 0. The van der Waals surface area contributed by atoms with Crippen molar-refractivity contribution in [1.29, 1.82) is 0 Å². The first kappa shape index (κ1) is 11.3. The number of rotatable bonds is 2. The first-order valence-electron chi connectivity index (χ1n) is 6.09. The van der Waals surface area contributed by atoms with Crippen LogP contribution in [0.1, 0.15) is 24.6 Å². The van der Waals surface area contributed by atoms with E-state index in [-0.39, 0.29) is 0 Å². The first-order valence-corrected chi connectivity index (χ1v) is 6.09. The van der Waals surface area contributed by atoms with Crippen LogP contribution in [0.4, 0.5) is 5.82 Å². The number of anilines is 1. The molecular formula is C12H20N4. The highest BCUT2D eigenvalue weighted by Crippen LogP contribution is 2.19. The monoisotopic (exact) mass is 220 g/mol. The number of nitrogens with zero attached hydrogens (tertiary/aromatic N) is 3. The molecule has 1 fully saturated rings. The van der Waals surface area contributed by atoms with E-state index >= 15 is 0 Å². The third-order valence-electron chi connectivity index (χ3n) is 3.14. The van der Waals surface area contributed by atoms with Crippen LogP contribution in [0.5, 0.6) is 0 Å². The molecule has 2 rings (SSSR count). The predicted octanol–water partition coefficient (Wildman–Crippen LogP) is 1.15. The molecule has 2 heterocycles. The molecule has 0 spiro atoms. The van der Waals surface area contributed by atoms with E-state index in [1.165, 1.54) is 17.7 Å². The van der Waals surface area contributed by atoms with Crippen LogP contribution >= 0.6 is 0 Å². The maximum absolute atomic E-state index is 4.44. The lowest BCUT2D eigenvalue weighted by Crippen LogP contribution is -2.29. The number of hydrogen-bond donors (Lipinski definition) is 1. The number of hydrogen-bond acceptors (Lipinski definition) is 4. The van der Waals surface area contributed by atoms with Crippen LogP contribution in [0.25, 0.3) is 0 Å². The molecular weight excluding hydrogens is 200 g/mol. The minimum atomic E-state index is 0.980. The Morgan fingerprint density at radius 2 is 2.19 bits per heavy atom. The van der Waals surface area contributed by atoms with Gasteiger partial charge in [0.15, 0.2) is 0 Å². The highest BCUT2D eigenvalue weighted by atomic mass is 15.2. The third-order valence-corrected chi connectivity index (χ3v) is 3.14.